The molecule has 1 aromatic heterocycles. The number of carbonyl (C=O) groups excluding carboxylic acids is 1. The van der Waals surface area contributed by atoms with Crippen LogP contribution in [-0.4, -0.2) is 41.3 Å². The molecule has 3 heterocycles. The third kappa shape index (κ3) is 2.42. The van der Waals surface area contributed by atoms with Crippen LogP contribution in [0.15, 0.2) is 18.2 Å². The number of carboxylic acid groups (broad SMARTS) is 1. The average Bonchev–Trinajstić information content (AvgIpc) is 3.26. The van der Waals surface area contributed by atoms with Crippen LogP contribution in [0.5, 0.6) is 5.75 Å². The van der Waals surface area contributed by atoms with Gasteiger partial charge in [0.15, 0.2) is 5.13 Å². The van der Waals surface area contributed by atoms with Gasteiger partial charge in [-0.1, -0.05) is 11.3 Å². The summed E-state index contributed by atoms with van der Waals surface area (Å²) in [5, 5.41) is 12.6. The minimum absolute atomic E-state index is 0.314. The number of nitrogens with one attached hydrogen (secondary N) is 1. The summed E-state index contributed by atoms with van der Waals surface area (Å²) < 4.78 is 11.7. The standard InChI is InChI=1S/C16H16N2O5S/c1-22-7-2-3-8-11(6-7)24-16(17-8)18-14(19)12-9-4-5-10(23-9)13(12)15(20)21/h2-3,6,9-10,12-13H,4-5H2,1H3,(H,20,21)(H,17,18,19)/t9-,10-,12-,13-/m0/s1. The normalized spacial score (nSPS) is 28.2. The Hall–Kier alpha value is -2.19. The molecule has 1 aromatic carbocycles. The Morgan fingerprint density at radius 2 is 2.08 bits per heavy atom. The fourth-order valence-electron chi connectivity index (χ4n) is 3.60. The van der Waals surface area contributed by atoms with E-state index in [0.717, 1.165) is 22.4 Å². The van der Waals surface area contributed by atoms with E-state index >= 15 is 0 Å². The van der Waals surface area contributed by atoms with Crippen molar-refractivity contribution in [2.45, 2.75) is 25.0 Å². The smallest absolute Gasteiger partial charge is 0.310 e. The molecular weight excluding hydrogens is 332 g/mol. The highest BCUT2D eigenvalue weighted by Crippen LogP contribution is 2.44. The molecular formula is C16H16N2O5S. The van der Waals surface area contributed by atoms with Gasteiger partial charge in [-0.15, -0.1) is 0 Å². The summed E-state index contributed by atoms with van der Waals surface area (Å²) in [5.74, 6) is -2.03. The Bertz CT molecular complexity index is 820. The second kappa shape index (κ2) is 5.71. The molecule has 1 amide bonds. The lowest BCUT2D eigenvalue weighted by atomic mass is 9.79. The molecule has 2 fully saturated rings. The van der Waals surface area contributed by atoms with E-state index in [1.54, 1.807) is 13.2 Å². The van der Waals surface area contributed by atoms with E-state index in [2.05, 4.69) is 10.3 Å². The van der Waals surface area contributed by atoms with Gasteiger partial charge in [0.25, 0.3) is 0 Å². The van der Waals surface area contributed by atoms with E-state index in [9.17, 15) is 14.7 Å². The molecule has 126 valence electrons. The van der Waals surface area contributed by atoms with Crippen LogP contribution in [0.4, 0.5) is 5.13 Å². The van der Waals surface area contributed by atoms with Crippen molar-refractivity contribution in [1.29, 1.82) is 0 Å². The minimum atomic E-state index is -0.976. The third-order valence-corrected chi connectivity index (χ3v) is 5.62. The monoisotopic (exact) mass is 348 g/mol. The molecule has 8 heteroatoms. The first kappa shape index (κ1) is 15.3. The molecule has 2 bridgehead atoms. The first-order valence-electron chi connectivity index (χ1n) is 7.70. The zero-order chi connectivity index (χ0) is 16.8. The fraction of sp³-hybridized carbons (Fsp3) is 0.438. The van der Waals surface area contributed by atoms with Crippen molar-refractivity contribution < 1.29 is 24.2 Å². The summed E-state index contributed by atoms with van der Waals surface area (Å²) in [7, 11) is 1.59. The third-order valence-electron chi connectivity index (χ3n) is 4.69. The van der Waals surface area contributed by atoms with Crippen molar-refractivity contribution in [2.24, 2.45) is 11.8 Å². The molecule has 0 spiro atoms. The Balaban J connectivity index is 1.56. The zero-order valence-corrected chi connectivity index (χ0v) is 13.7. The van der Waals surface area contributed by atoms with Crippen LogP contribution in [0.1, 0.15) is 12.8 Å². The summed E-state index contributed by atoms with van der Waals surface area (Å²) >= 11 is 1.33. The lowest BCUT2D eigenvalue weighted by Gasteiger charge is -2.23. The second-order valence-electron chi connectivity index (χ2n) is 6.02. The quantitative estimate of drug-likeness (QED) is 0.878. The first-order valence-corrected chi connectivity index (χ1v) is 8.52. The van der Waals surface area contributed by atoms with Gasteiger partial charge in [0.1, 0.15) is 5.75 Å². The summed E-state index contributed by atoms with van der Waals surface area (Å²) in [6.45, 7) is 0. The molecule has 7 nitrogen and oxygen atoms in total. The molecule has 24 heavy (non-hydrogen) atoms. The predicted octanol–water partition coefficient (Wildman–Crippen LogP) is 2.12. The number of hydrogen-bond donors (Lipinski definition) is 2. The number of hydrogen-bond acceptors (Lipinski definition) is 6. The van der Waals surface area contributed by atoms with E-state index in [4.69, 9.17) is 9.47 Å². The number of rotatable bonds is 4. The SMILES string of the molecule is COc1ccc2nc(NC(=O)[C@@H]3[C@@H](C(=O)O)[C@@H]4CC[C@@H]3O4)sc2c1. The first-order chi connectivity index (χ1) is 11.6. The Morgan fingerprint density at radius 1 is 1.33 bits per heavy atom. The predicted molar refractivity (Wildman–Crippen MR) is 87.3 cm³/mol. The Labute approximate surface area is 141 Å². The highest BCUT2D eigenvalue weighted by atomic mass is 32.1. The number of carbonyl (C=O) groups is 2. The molecule has 2 saturated heterocycles. The van der Waals surface area contributed by atoms with Crippen molar-refractivity contribution in [1.82, 2.24) is 4.98 Å². The van der Waals surface area contributed by atoms with Gasteiger partial charge < -0.3 is 19.9 Å². The molecule has 2 aromatic rings. The molecule has 4 rings (SSSR count). The average molecular weight is 348 g/mol. The van der Waals surface area contributed by atoms with Crippen molar-refractivity contribution in [3.8, 4) is 5.75 Å². The van der Waals surface area contributed by atoms with Crippen molar-refractivity contribution in [3.63, 3.8) is 0 Å². The summed E-state index contributed by atoms with van der Waals surface area (Å²) in [6, 6.07) is 5.47. The van der Waals surface area contributed by atoms with Gasteiger partial charge in [-0.25, -0.2) is 4.98 Å². The number of aliphatic carboxylic acids is 1. The maximum atomic E-state index is 12.6. The maximum absolute atomic E-state index is 12.6. The number of fused-ring (bicyclic) bond motifs is 3. The number of ether oxygens (including phenoxy) is 2. The molecule has 0 unspecified atom stereocenters. The van der Waals surface area contributed by atoms with Crippen molar-refractivity contribution in [2.75, 3.05) is 12.4 Å². The van der Waals surface area contributed by atoms with Crippen LogP contribution in [0.2, 0.25) is 0 Å². The van der Waals surface area contributed by atoms with Crippen LogP contribution in [-0.2, 0) is 14.3 Å². The molecule has 2 aliphatic rings. The van der Waals surface area contributed by atoms with Gasteiger partial charge in [-0.2, -0.15) is 0 Å². The summed E-state index contributed by atoms with van der Waals surface area (Å²) in [4.78, 5) is 28.5. The van der Waals surface area contributed by atoms with Crippen LogP contribution >= 0.6 is 11.3 Å². The Kier molecular flexibility index (Phi) is 3.65. The lowest BCUT2D eigenvalue weighted by molar-refractivity contribution is -0.147. The van der Waals surface area contributed by atoms with Gasteiger partial charge >= 0.3 is 5.97 Å². The van der Waals surface area contributed by atoms with Crippen molar-refractivity contribution in [3.05, 3.63) is 18.2 Å². The topological polar surface area (TPSA) is 97.8 Å². The molecule has 2 aliphatic heterocycles. The number of amides is 1. The summed E-state index contributed by atoms with van der Waals surface area (Å²) in [5.41, 5.74) is 0.759. The van der Waals surface area contributed by atoms with E-state index < -0.39 is 17.8 Å². The van der Waals surface area contributed by atoms with Gasteiger partial charge in [-0.3, -0.25) is 9.59 Å². The van der Waals surface area contributed by atoms with Crippen LogP contribution < -0.4 is 10.1 Å². The molecule has 2 N–H and O–H groups in total. The van der Waals surface area contributed by atoms with Gasteiger partial charge in [0.05, 0.1) is 41.4 Å². The second-order valence-corrected chi connectivity index (χ2v) is 7.05. The number of methoxy groups -OCH3 is 1. The van der Waals surface area contributed by atoms with Gasteiger partial charge in [0, 0.05) is 0 Å². The molecule has 0 saturated carbocycles. The van der Waals surface area contributed by atoms with E-state index in [0.29, 0.717) is 11.6 Å². The number of nitrogens with zero attached hydrogens (tertiary/aromatic N) is 1. The molecule has 4 atom stereocenters. The molecule has 0 radical (unpaired) electrons. The van der Waals surface area contributed by atoms with Gasteiger partial charge in [-0.05, 0) is 31.0 Å². The zero-order valence-electron chi connectivity index (χ0n) is 12.9. The highest BCUT2D eigenvalue weighted by Gasteiger charge is 2.55. The maximum Gasteiger partial charge on any atom is 0.310 e. The van der Waals surface area contributed by atoms with E-state index in [-0.39, 0.29) is 18.1 Å². The number of carboxylic acids is 1. The molecule has 0 aliphatic carbocycles. The highest BCUT2D eigenvalue weighted by molar-refractivity contribution is 7.22. The van der Waals surface area contributed by atoms with E-state index in [1.165, 1.54) is 11.3 Å². The number of thiazole rings is 1. The summed E-state index contributed by atoms with van der Waals surface area (Å²) in [6.07, 6.45) is 0.754. The van der Waals surface area contributed by atoms with Crippen molar-refractivity contribution >= 4 is 38.6 Å². The fourth-order valence-corrected chi connectivity index (χ4v) is 4.50. The van der Waals surface area contributed by atoms with Crippen LogP contribution in [0.3, 0.4) is 0 Å². The lowest BCUT2D eigenvalue weighted by Crippen LogP contribution is -2.40. The van der Waals surface area contributed by atoms with Crippen LogP contribution in [0.25, 0.3) is 10.2 Å². The number of benzene rings is 1. The number of aromatic nitrogens is 1. The Morgan fingerprint density at radius 3 is 2.79 bits per heavy atom. The van der Waals surface area contributed by atoms with E-state index in [1.807, 2.05) is 12.1 Å². The number of anilines is 1. The van der Waals surface area contributed by atoms with Gasteiger partial charge in [0.2, 0.25) is 5.91 Å². The largest absolute Gasteiger partial charge is 0.497 e. The van der Waals surface area contributed by atoms with Crippen LogP contribution in [0, 0.1) is 11.8 Å². The minimum Gasteiger partial charge on any atom is -0.497 e.